The fourth-order valence-corrected chi connectivity index (χ4v) is 0.311. The molecule has 0 aliphatic heterocycles. The quantitative estimate of drug-likeness (QED) is 0.511. The standard InChI is InChI=1S/C5H12O2.C3H8O2/c1-2-4-7-5-3-6;1-3(5)2-4/h6H,2-5H2,1H3;3-5H,2H2,1H3. The maximum absolute atomic E-state index is 8.17. The molecule has 1 unspecified atom stereocenters. The van der Waals surface area contributed by atoms with Crippen molar-refractivity contribution in [1.82, 2.24) is 0 Å². The van der Waals surface area contributed by atoms with Gasteiger partial charge in [-0.15, -0.1) is 0 Å². The molecule has 0 aliphatic rings. The first-order valence-corrected chi connectivity index (χ1v) is 4.16. The summed E-state index contributed by atoms with van der Waals surface area (Å²) in [4.78, 5) is 0. The summed E-state index contributed by atoms with van der Waals surface area (Å²) in [5.74, 6) is 0. The number of aliphatic hydroxyl groups is 3. The van der Waals surface area contributed by atoms with Gasteiger partial charge in [-0.25, -0.2) is 0 Å². The largest absolute Gasteiger partial charge is 0.394 e. The first-order valence-electron chi connectivity index (χ1n) is 4.16. The average Bonchev–Trinajstić information content (AvgIpc) is 2.07. The van der Waals surface area contributed by atoms with Gasteiger partial charge in [-0.05, 0) is 13.3 Å². The number of rotatable bonds is 5. The van der Waals surface area contributed by atoms with Crippen molar-refractivity contribution >= 4 is 0 Å². The van der Waals surface area contributed by atoms with E-state index in [0.717, 1.165) is 13.0 Å². The highest BCUT2D eigenvalue weighted by molar-refractivity contribution is 4.34. The Bertz CT molecular complexity index is 62.1. The van der Waals surface area contributed by atoms with Crippen LogP contribution in [0.1, 0.15) is 20.3 Å². The normalized spacial score (nSPS) is 11.8. The van der Waals surface area contributed by atoms with E-state index in [1.165, 1.54) is 6.92 Å². The van der Waals surface area contributed by atoms with Crippen molar-refractivity contribution in [3.8, 4) is 0 Å². The molecule has 0 amide bonds. The predicted molar refractivity (Wildman–Crippen MR) is 47.0 cm³/mol. The highest BCUT2D eigenvalue weighted by atomic mass is 16.5. The topological polar surface area (TPSA) is 69.9 Å². The van der Waals surface area contributed by atoms with Crippen molar-refractivity contribution in [3.63, 3.8) is 0 Å². The van der Waals surface area contributed by atoms with E-state index in [9.17, 15) is 0 Å². The lowest BCUT2D eigenvalue weighted by atomic mass is 10.5. The monoisotopic (exact) mass is 180 g/mol. The van der Waals surface area contributed by atoms with Crippen molar-refractivity contribution in [2.45, 2.75) is 26.4 Å². The summed E-state index contributed by atoms with van der Waals surface area (Å²) >= 11 is 0. The van der Waals surface area contributed by atoms with Gasteiger partial charge in [0.05, 0.1) is 25.9 Å². The van der Waals surface area contributed by atoms with Gasteiger partial charge in [0.15, 0.2) is 0 Å². The smallest absolute Gasteiger partial charge is 0.0742 e. The minimum atomic E-state index is -0.560. The molecule has 0 radical (unpaired) electrons. The Labute approximate surface area is 73.8 Å². The van der Waals surface area contributed by atoms with Gasteiger partial charge in [-0.3, -0.25) is 0 Å². The molecule has 0 saturated heterocycles. The first-order chi connectivity index (χ1) is 5.68. The number of hydrogen-bond acceptors (Lipinski definition) is 4. The molecule has 4 heteroatoms. The van der Waals surface area contributed by atoms with E-state index in [4.69, 9.17) is 20.1 Å². The molecular formula is C8H20O4. The minimum absolute atomic E-state index is 0.139. The molecule has 12 heavy (non-hydrogen) atoms. The van der Waals surface area contributed by atoms with Crippen LogP contribution in [-0.2, 0) is 4.74 Å². The van der Waals surface area contributed by atoms with E-state index < -0.39 is 6.10 Å². The zero-order chi connectivity index (χ0) is 9.82. The minimum Gasteiger partial charge on any atom is -0.394 e. The van der Waals surface area contributed by atoms with Gasteiger partial charge in [0.1, 0.15) is 0 Å². The SMILES string of the molecule is CC(O)CO.CCCOCCO. The van der Waals surface area contributed by atoms with Crippen LogP contribution in [0.15, 0.2) is 0 Å². The Balaban J connectivity index is 0. The lowest BCUT2D eigenvalue weighted by Crippen LogP contribution is -2.03. The van der Waals surface area contributed by atoms with Crippen LogP contribution in [0.25, 0.3) is 0 Å². The van der Waals surface area contributed by atoms with Crippen LogP contribution in [0.5, 0.6) is 0 Å². The number of ether oxygens (including phenoxy) is 1. The van der Waals surface area contributed by atoms with Gasteiger partial charge in [0.25, 0.3) is 0 Å². The van der Waals surface area contributed by atoms with Gasteiger partial charge in [0.2, 0.25) is 0 Å². The van der Waals surface area contributed by atoms with Crippen molar-refractivity contribution < 1.29 is 20.1 Å². The Hall–Kier alpha value is -0.160. The van der Waals surface area contributed by atoms with Gasteiger partial charge >= 0.3 is 0 Å². The third-order valence-corrected chi connectivity index (χ3v) is 0.848. The third-order valence-electron chi connectivity index (χ3n) is 0.848. The Morgan fingerprint density at radius 2 is 1.75 bits per heavy atom. The van der Waals surface area contributed by atoms with Crippen LogP contribution in [-0.4, -0.2) is 47.9 Å². The molecule has 0 saturated carbocycles. The molecule has 0 spiro atoms. The van der Waals surface area contributed by atoms with Crippen molar-refractivity contribution in [2.75, 3.05) is 26.4 Å². The van der Waals surface area contributed by atoms with Gasteiger partial charge in [-0.1, -0.05) is 6.92 Å². The van der Waals surface area contributed by atoms with Crippen LogP contribution in [0.3, 0.4) is 0 Å². The van der Waals surface area contributed by atoms with Crippen LogP contribution in [0.4, 0.5) is 0 Å². The maximum Gasteiger partial charge on any atom is 0.0742 e. The van der Waals surface area contributed by atoms with E-state index >= 15 is 0 Å². The summed E-state index contributed by atoms with van der Waals surface area (Å²) in [6.45, 7) is 4.81. The molecule has 76 valence electrons. The van der Waals surface area contributed by atoms with Crippen LogP contribution in [0, 0.1) is 0 Å². The second kappa shape index (κ2) is 13.4. The molecule has 0 rings (SSSR count). The van der Waals surface area contributed by atoms with E-state index in [1.54, 1.807) is 0 Å². The molecule has 0 aromatic heterocycles. The summed E-state index contributed by atoms with van der Waals surface area (Å²) < 4.78 is 4.88. The fraction of sp³-hybridized carbons (Fsp3) is 1.00. The van der Waals surface area contributed by atoms with E-state index in [2.05, 4.69) is 0 Å². The average molecular weight is 180 g/mol. The molecule has 4 nitrogen and oxygen atoms in total. The molecule has 3 N–H and O–H groups in total. The maximum atomic E-state index is 8.17. The molecule has 0 heterocycles. The molecule has 0 aliphatic carbocycles. The Morgan fingerprint density at radius 3 is 2.00 bits per heavy atom. The number of aliphatic hydroxyl groups excluding tert-OH is 3. The van der Waals surface area contributed by atoms with Gasteiger partial charge < -0.3 is 20.1 Å². The summed E-state index contributed by atoms with van der Waals surface area (Å²) in [5, 5.41) is 24.2. The zero-order valence-corrected chi connectivity index (χ0v) is 7.86. The first kappa shape index (κ1) is 14.4. The molecule has 0 bridgehead atoms. The van der Waals surface area contributed by atoms with Gasteiger partial charge in [-0.2, -0.15) is 0 Å². The molecule has 0 fully saturated rings. The summed E-state index contributed by atoms with van der Waals surface area (Å²) in [6.07, 6.45) is 0.468. The lowest BCUT2D eigenvalue weighted by molar-refractivity contribution is 0.0928. The van der Waals surface area contributed by atoms with Crippen molar-refractivity contribution in [1.29, 1.82) is 0 Å². The predicted octanol–water partition coefficient (Wildman–Crippen LogP) is -0.235. The summed E-state index contributed by atoms with van der Waals surface area (Å²) in [7, 11) is 0. The molecule has 0 aromatic rings. The third kappa shape index (κ3) is 22.5. The zero-order valence-electron chi connectivity index (χ0n) is 7.86. The van der Waals surface area contributed by atoms with E-state index in [-0.39, 0.29) is 13.2 Å². The fourth-order valence-electron chi connectivity index (χ4n) is 0.311. The van der Waals surface area contributed by atoms with Crippen LogP contribution >= 0.6 is 0 Å². The lowest BCUT2D eigenvalue weighted by Gasteiger charge is -1.94. The Kier molecular flexibility index (Phi) is 16.1. The second-order valence-corrected chi connectivity index (χ2v) is 2.37. The highest BCUT2D eigenvalue weighted by Crippen LogP contribution is 1.76. The van der Waals surface area contributed by atoms with Crippen molar-refractivity contribution in [3.05, 3.63) is 0 Å². The summed E-state index contributed by atoms with van der Waals surface area (Å²) in [5.41, 5.74) is 0. The molecule has 1 atom stereocenters. The molecular weight excluding hydrogens is 160 g/mol. The highest BCUT2D eigenvalue weighted by Gasteiger charge is 1.83. The van der Waals surface area contributed by atoms with Crippen LogP contribution < -0.4 is 0 Å². The van der Waals surface area contributed by atoms with Crippen LogP contribution in [0.2, 0.25) is 0 Å². The molecule has 0 aromatic carbocycles. The van der Waals surface area contributed by atoms with E-state index in [1.807, 2.05) is 6.92 Å². The second-order valence-electron chi connectivity index (χ2n) is 2.37. The van der Waals surface area contributed by atoms with Crippen molar-refractivity contribution in [2.24, 2.45) is 0 Å². The Morgan fingerprint density at radius 1 is 1.25 bits per heavy atom. The summed E-state index contributed by atoms with van der Waals surface area (Å²) in [6, 6.07) is 0. The van der Waals surface area contributed by atoms with Gasteiger partial charge in [0, 0.05) is 6.61 Å². The number of hydrogen-bond donors (Lipinski definition) is 3. The van der Waals surface area contributed by atoms with E-state index in [0.29, 0.717) is 6.61 Å².